The van der Waals surface area contributed by atoms with Crippen LogP contribution in [0.15, 0.2) is 24.4 Å². The summed E-state index contributed by atoms with van der Waals surface area (Å²) in [4.78, 5) is 4.08. The zero-order chi connectivity index (χ0) is 10.4. The monoisotopic (exact) mass is 230 g/mol. The van der Waals surface area contributed by atoms with Gasteiger partial charge in [0, 0.05) is 12.7 Å². The van der Waals surface area contributed by atoms with Crippen molar-refractivity contribution >= 4 is 29.0 Å². The molecule has 1 aromatic rings. The molecule has 0 saturated heterocycles. The summed E-state index contributed by atoms with van der Waals surface area (Å²) in [5.74, 6) is 0.681. The summed E-state index contributed by atoms with van der Waals surface area (Å²) >= 11 is 11.6. The van der Waals surface area contributed by atoms with Crippen molar-refractivity contribution < 1.29 is 0 Å². The summed E-state index contributed by atoms with van der Waals surface area (Å²) in [6.45, 7) is 2.81. The number of halogens is 2. The van der Waals surface area contributed by atoms with Crippen LogP contribution in [-0.2, 0) is 0 Å². The smallest absolute Gasteiger partial charge is 0.144 e. The van der Waals surface area contributed by atoms with E-state index >= 15 is 0 Å². The molecular formula is C10H12Cl2N2. The number of nitrogens with zero attached hydrogens (tertiary/aromatic N) is 1. The predicted molar refractivity (Wildman–Crippen MR) is 62.2 cm³/mol. The van der Waals surface area contributed by atoms with Gasteiger partial charge in [0.15, 0.2) is 0 Å². The molecule has 0 spiro atoms. The molecule has 0 amide bonds. The molecule has 4 heteroatoms. The number of nitrogens with one attached hydrogen (secondary N) is 1. The number of hydrogen-bond donors (Lipinski definition) is 1. The largest absolute Gasteiger partial charge is 0.369 e. The third-order valence-corrected chi connectivity index (χ3v) is 2.14. The van der Waals surface area contributed by atoms with E-state index in [-0.39, 0.29) is 0 Å². The first-order valence-electron chi connectivity index (χ1n) is 4.40. The van der Waals surface area contributed by atoms with Crippen molar-refractivity contribution in [2.75, 3.05) is 11.9 Å². The normalized spacial score (nSPS) is 10.8. The van der Waals surface area contributed by atoms with Gasteiger partial charge in [0.25, 0.3) is 0 Å². The van der Waals surface area contributed by atoms with Crippen LogP contribution in [0.1, 0.15) is 13.3 Å². The highest BCUT2D eigenvalue weighted by molar-refractivity contribution is 6.35. The lowest BCUT2D eigenvalue weighted by Crippen LogP contribution is -2.02. The maximum absolute atomic E-state index is 5.91. The highest BCUT2D eigenvalue weighted by Crippen LogP contribution is 2.22. The van der Waals surface area contributed by atoms with Gasteiger partial charge < -0.3 is 5.32 Å². The van der Waals surface area contributed by atoms with E-state index in [0.29, 0.717) is 15.9 Å². The fourth-order valence-electron chi connectivity index (χ4n) is 0.985. The van der Waals surface area contributed by atoms with Gasteiger partial charge in [0.05, 0.1) is 10.0 Å². The van der Waals surface area contributed by atoms with Crippen LogP contribution < -0.4 is 5.32 Å². The molecule has 0 atom stereocenters. The summed E-state index contributed by atoms with van der Waals surface area (Å²) < 4.78 is 0. The van der Waals surface area contributed by atoms with Gasteiger partial charge in [-0.2, -0.15) is 0 Å². The molecule has 0 aliphatic heterocycles. The van der Waals surface area contributed by atoms with E-state index in [2.05, 4.69) is 16.4 Å². The molecule has 0 aliphatic carbocycles. The van der Waals surface area contributed by atoms with Crippen molar-refractivity contribution in [2.45, 2.75) is 13.3 Å². The zero-order valence-corrected chi connectivity index (χ0v) is 9.44. The molecule has 1 aromatic heterocycles. The van der Waals surface area contributed by atoms with Crippen LogP contribution in [0.4, 0.5) is 5.82 Å². The van der Waals surface area contributed by atoms with Crippen molar-refractivity contribution in [1.29, 1.82) is 0 Å². The second kappa shape index (κ2) is 5.89. The molecule has 76 valence electrons. The first-order chi connectivity index (χ1) is 6.74. The molecule has 0 fully saturated rings. The van der Waals surface area contributed by atoms with Gasteiger partial charge in [-0.05, 0) is 19.4 Å². The van der Waals surface area contributed by atoms with Crippen molar-refractivity contribution in [2.24, 2.45) is 0 Å². The lowest BCUT2D eigenvalue weighted by molar-refractivity contribution is 1.05. The first kappa shape index (κ1) is 11.3. The summed E-state index contributed by atoms with van der Waals surface area (Å²) in [5.41, 5.74) is 0. The zero-order valence-electron chi connectivity index (χ0n) is 7.93. The van der Waals surface area contributed by atoms with E-state index in [1.165, 1.54) is 0 Å². The Morgan fingerprint density at radius 3 is 2.93 bits per heavy atom. The van der Waals surface area contributed by atoms with Gasteiger partial charge in [-0.3, -0.25) is 0 Å². The average molecular weight is 231 g/mol. The second-order valence-electron chi connectivity index (χ2n) is 2.77. The van der Waals surface area contributed by atoms with Gasteiger partial charge in [-0.25, -0.2) is 4.98 Å². The molecule has 14 heavy (non-hydrogen) atoms. The number of aromatic nitrogens is 1. The highest BCUT2D eigenvalue weighted by Gasteiger charge is 2.00. The van der Waals surface area contributed by atoms with Crippen molar-refractivity contribution in [3.8, 4) is 0 Å². The molecular weight excluding hydrogens is 219 g/mol. The molecule has 0 radical (unpaired) electrons. The third-order valence-electron chi connectivity index (χ3n) is 1.65. The first-order valence-corrected chi connectivity index (χ1v) is 5.15. The van der Waals surface area contributed by atoms with Gasteiger partial charge >= 0.3 is 0 Å². The molecule has 1 N–H and O–H groups in total. The average Bonchev–Trinajstić information content (AvgIpc) is 2.15. The minimum absolute atomic E-state index is 0.550. The standard InChI is InChI=1S/C10H12Cl2N2/c1-2-3-4-5-13-10-9(12)6-8(11)7-14-10/h2-3,6-7H,4-5H2,1H3,(H,13,14)/b3-2+. The Kier molecular flexibility index (Phi) is 4.77. The number of anilines is 1. The number of pyridine rings is 1. The SMILES string of the molecule is C/C=C/CCNc1ncc(Cl)cc1Cl. The van der Waals surface area contributed by atoms with Crippen LogP contribution in [0, 0.1) is 0 Å². The van der Waals surface area contributed by atoms with Gasteiger partial charge in [0.2, 0.25) is 0 Å². The molecule has 0 aromatic carbocycles. The maximum atomic E-state index is 5.91. The summed E-state index contributed by atoms with van der Waals surface area (Å²) in [6.07, 6.45) is 6.62. The lowest BCUT2D eigenvalue weighted by atomic mass is 10.3. The second-order valence-corrected chi connectivity index (χ2v) is 3.61. The van der Waals surface area contributed by atoms with E-state index in [1.54, 1.807) is 12.3 Å². The Morgan fingerprint density at radius 1 is 1.50 bits per heavy atom. The molecule has 0 saturated carbocycles. The van der Waals surface area contributed by atoms with Crippen LogP contribution in [0.25, 0.3) is 0 Å². The van der Waals surface area contributed by atoms with E-state index in [4.69, 9.17) is 23.2 Å². The summed E-state index contributed by atoms with van der Waals surface area (Å²) in [7, 11) is 0. The minimum Gasteiger partial charge on any atom is -0.369 e. The summed E-state index contributed by atoms with van der Waals surface area (Å²) in [6, 6.07) is 1.67. The lowest BCUT2D eigenvalue weighted by Gasteiger charge is -2.05. The van der Waals surface area contributed by atoms with Crippen LogP contribution in [0.5, 0.6) is 0 Å². The minimum atomic E-state index is 0.550. The molecule has 0 bridgehead atoms. The van der Waals surface area contributed by atoms with E-state index < -0.39 is 0 Å². The van der Waals surface area contributed by atoms with Gasteiger partial charge in [0.1, 0.15) is 5.82 Å². The quantitative estimate of drug-likeness (QED) is 0.630. The fraction of sp³-hybridized carbons (Fsp3) is 0.300. The summed E-state index contributed by atoms with van der Waals surface area (Å²) in [5, 5.41) is 4.23. The molecule has 1 rings (SSSR count). The Bertz CT molecular complexity index is 324. The van der Waals surface area contributed by atoms with Crippen LogP contribution >= 0.6 is 23.2 Å². The Morgan fingerprint density at radius 2 is 2.29 bits per heavy atom. The van der Waals surface area contributed by atoms with E-state index in [1.807, 2.05) is 13.0 Å². The number of rotatable bonds is 4. The van der Waals surface area contributed by atoms with Crippen molar-refractivity contribution in [1.82, 2.24) is 4.98 Å². The Hall–Kier alpha value is -0.730. The van der Waals surface area contributed by atoms with Gasteiger partial charge in [-0.1, -0.05) is 35.4 Å². The predicted octanol–water partition coefficient (Wildman–Crippen LogP) is 3.77. The molecule has 0 unspecified atom stereocenters. The number of hydrogen-bond acceptors (Lipinski definition) is 2. The van der Waals surface area contributed by atoms with Crippen molar-refractivity contribution in [3.63, 3.8) is 0 Å². The van der Waals surface area contributed by atoms with Crippen LogP contribution in [0.2, 0.25) is 10.0 Å². The van der Waals surface area contributed by atoms with Crippen molar-refractivity contribution in [3.05, 3.63) is 34.5 Å². The third kappa shape index (κ3) is 3.56. The maximum Gasteiger partial charge on any atom is 0.144 e. The Balaban J connectivity index is 2.50. The molecule has 1 heterocycles. The topological polar surface area (TPSA) is 24.9 Å². The fourth-order valence-corrected chi connectivity index (χ4v) is 1.43. The molecule has 2 nitrogen and oxygen atoms in total. The Labute approximate surface area is 93.9 Å². The van der Waals surface area contributed by atoms with E-state index in [9.17, 15) is 0 Å². The van der Waals surface area contributed by atoms with Crippen LogP contribution in [0.3, 0.4) is 0 Å². The van der Waals surface area contributed by atoms with E-state index in [0.717, 1.165) is 13.0 Å². The number of allylic oxidation sites excluding steroid dienone is 1. The van der Waals surface area contributed by atoms with Gasteiger partial charge in [-0.15, -0.1) is 0 Å². The highest BCUT2D eigenvalue weighted by atomic mass is 35.5. The molecule has 0 aliphatic rings. The van der Waals surface area contributed by atoms with Crippen LogP contribution in [-0.4, -0.2) is 11.5 Å².